The van der Waals surface area contributed by atoms with Gasteiger partial charge in [0.05, 0.1) is 23.7 Å². The second kappa shape index (κ2) is 7.21. The van der Waals surface area contributed by atoms with E-state index in [1.807, 2.05) is 13.8 Å². The lowest BCUT2D eigenvalue weighted by atomic mass is 10.2. The molecule has 1 aliphatic rings. The molecule has 0 saturated carbocycles. The maximum Gasteiger partial charge on any atom is 0.255 e. The van der Waals surface area contributed by atoms with Gasteiger partial charge in [0.15, 0.2) is 0 Å². The van der Waals surface area contributed by atoms with Gasteiger partial charge in [-0.2, -0.15) is 4.31 Å². The van der Waals surface area contributed by atoms with Gasteiger partial charge >= 0.3 is 0 Å². The quantitative estimate of drug-likeness (QED) is 0.815. The maximum atomic E-state index is 12.8. The van der Waals surface area contributed by atoms with Crippen LogP contribution >= 0.6 is 0 Å². The molecule has 122 valence electrons. The standard InChI is InChI=1S/C15H22N2O4S/c1-3-16(4-2)15(18)13-7-5-6-8-14(13)22(19,20)17-9-11-21-12-10-17/h5-8H,3-4,9-12H2,1-2H3. The van der Waals surface area contributed by atoms with Crippen molar-refractivity contribution in [2.24, 2.45) is 0 Å². The van der Waals surface area contributed by atoms with Crippen molar-refractivity contribution >= 4 is 15.9 Å². The molecule has 1 heterocycles. The molecule has 0 spiro atoms. The second-order valence-electron chi connectivity index (χ2n) is 4.99. The first-order valence-electron chi connectivity index (χ1n) is 7.48. The number of nitrogens with zero attached hydrogens (tertiary/aromatic N) is 2. The highest BCUT2D eigenvalue weighted by molar-refractivity contribution is 7.89. The summed E-state index contributed by atoms with van der Waals surface area (Å²) >= 11 is 0. The van der Waals surface area contributed by atoms with Crippen molar-refractivity contribution in [3.63, 3.8) is 0 Å². The zero-order valence-corrected chi connectivity index (χ0v) is 13.8. The van der Waals surface area contributed by atoms with Gasteiger partial charge in [0.2, 0.25) is 10.0 Å². The lowest BCUT2D eigenvalue weighted by Crippen LogP contribution is -2.41. The zero-order chi connectivity index (χ0) is 16.2. The first-order valence-corrected chi connectivity index (χ1v) is 8.92. The Balaban J connectivity index is 2.41. The number of hydrogen-bond acceptors (Lipinski definition) is 4. The fourth-order valence-corrected chi connectivity index (χ4v) is 4.07. The van der Waals surface area contributed by atoms with Crippen LogP contribution in [0.25, 0.3) is 0 Å². The fourth-order valence-electron chi connectivity index (χ4n) is 2.48. The van der Waals surface area contributed by atoms with Gasteiger partial charge in [0.1, 0.15) is 0 Å². The summed E-state index contributed by atoms with van der Waals surface area (Å²) in [5.74, 6) is -0.252. The van der Waals surface area contributed by atoms with E-state index in [4.69, 9.17) is 4.74 Å². The molecule has 0 aliphatic carbocycles. The van der Waals surface area contributed by atoms with Crippen LogP contribution in [0.15, 0.2) is 29.2 Å². The molecule has 0 N–H and O–H groups in total. The van der Waals surface area contributed by atoms with Gasteiger partial charge < -0.3 is 9.64 Å². The van der Waals surface area contributed by atoms with Crippen molar-refractivity contribution in [3.05, 3.63) is 29.8 Å². The van der Waals surface area contributed by atoms with Gasteiger partial charge in [-0.25, -0.2) is 8.42 Å². The summed E-state index contributed by atoms with van der Waals surface area (Å²) in [5.41, 5.74) is 0.234. The van der Waals surface area contributed by atoms with E-state index in [1.54, 1.807) is 23.1 Å². The van der Waals surface area contributed by atoms with Gasteiger partial charge in [-0.15, -0.1) is 0 Å². The molecule has 1 fully saturated rings. The minimum absolute atomic E-state index is 0.0776. The summed E-state index contributed by atoms with van der Waals surface area (Å²) in [7, 11) is -3.68. The van der Waals surface area contributed by atoms with Crippen LogP contribution in [0.4, 0.5) is 0 Å². The third-order valence-corrected chi connectivity index (χ3v) is 5.71. The molecular weight excluding hydrogens is 304 g/mol. The topological polar surface area (TPSA) is 66.9 Å². The van der Waals surface area contributed by atoms with Gasteiger partial charge in [-0.1, -0.05) is 12.1 Å². The minimum atomic E-state index is -3.68. The third-order valence-electron chi connectivity index (χ3n) is 3.76. The SMILES string of the molecule is CCN(CC)C(=O)c1ccccc1S(=O)(=O)N1CCOCC1. The summed E-state index contributed by atoms with van der Waals surface area (Å²) in [6.45, 7) is 6.23. The predicted octanol–water partition coefficient (Wildman–Crippen LogP) is 1.19. The third kappa shape index (κ3) is 3.31. The molecule has 2 rings (SSSR count). The van der Waals surface area contributed by atoms with E-state index in [0.29, 0.717) is 39.4 Å². The first-order chi connectivity index (χ1) is 10.5. The van der Waals surface area contributed by atoms with Crippen molar-refractivity contribution in [1.29, 1.82) is 0 Å². The van der Waals surface area contributed by atoms with Crippen LogP contribution in [-0.2, 0) is 14.8 Å². The molecule has 1 amide bonds. The van der Waals surface area contributed by atoms with Crippen molar-refractivity contribution < 1.29 is 17.9 Å². The lowest BCUT2D eigenvalue weighted by Gasteiger charge is -2.27. The fraction of sp³-hybridized carbons (Fsp3) is 0.533. The van der Waals surface area contributed by atoms with Crippen LogP contribution < -0.4 is 0 Å². The van der Waals surface area contributed by atoms with Gasteiger partial charge in [0.25, 0.3) is 5.91 Å². The van der Waals surface area contributed by atoms with Crippen LogP contribution in [0.2, 0.25) is 0 Å². The lowest BCUT2D eigenvalue weighted by molar-refractivity contribution is 0.0726. The summed E-state index contributed by atoms with van der Waals surface area (Å²) in [6, 6.07) is 6.41. The highest BCUT2D eigenvalue weighted by Gasteiger charge is 2.30. The normalized spacial score (nSPS) is 16.5. The second-order valence-corrected chi connectivity index (χ2v) is 6.90. The van der Waals surface area contributed by atoms with Crippen LogP contribution in [-0.4, -0.2) is 62.9 Å². The Bertz CT molecular complexity index is 620. The van der Waals surface area contributed by atoms with E-state index in [9.17, 15) is 13.2 Å². The molecule has 22 heavy (non-hydrogen) atoms. The number of carbonyl (C=O) groups is 1. The van der Waals surface area contributed by atoms with Crippen molar-refractivity contribution in [1.82, 2.24) is 9.21 Å². The van der Waals surface area contributed by atoms with Crippen LogP contribution in [0.1, 0.15) is 24.2 Å². The maximum absolute atomic E-state index is 12.8. The molecular formula is C15H22N2O4S. The number of ether oxygens (including phenoxy) is 1. The molecule has 0 atom stereocenters. The van der Waals surface area contributed by atoms with Crippen molar-refractivity contribution in [2.75, 3.05) is 39.4 Å². The Morgan fingerprint density at radius 2 is 1.77 bits per heavy atom. The van der Waals surface area contributed by atoms with E-state index in [1.165, 1.54) is 10.4 Å². The van der Waals surface area contributed by atoms with Gasteiger partial charge in [-0.3, -0.25) is 4.79 Å². The van der Waals surface area contributed by atoms with Crippen LogP contribution in [0.5, 0.6) is 0 Å². The number of benzene rings is 1. The summed E-state index contributed by atoms with van der Waals surface area (Å²) in [4.78, 5) is 14.3. The number of morpholine rings is 1. The van der Waals surface area contributed by atoms with Crippen molar-refractivity contribution in [2.45, 2.75) is 18.7 Å². The van der Waals surface area contributed by atoms with Crippen molar-refractivity contribution in [3.8, 4) is 0 Å². The Morgan fingerprint density at radius 1 is 1.18 bits per heavy atom. The molecule has 1 aromatic carbocycles. The molecule has 0 unspecified atom stereocenters. The van der Waals surface area contributed by atoms with E-state index >= 15 is 0 Å². The van der Waals surface area contributed by atoms with Gasteiger partial charge in [0, 0.05) is 26.2 Å². The summed E-state index contributed by atoms with van der Waals surface area (Å²) < 4.78 is 32.2. The highest BCUT2D eigenvalue weighted by atomic mass is 32.2. The molecule has 0 aromatic heterocycles. The average molecular weight is 326 g/mol. The minimum Gasteiger partial charge on any atom is -0.379 e. The summed E-state index contributed by atoms with van der Waals surface area (Å²) in [5, 5.41) is 0. The Morgan fingerprint density at radius 3 is 2.36 bits per heavy atom. The molecule has 0 radical (unpaired) electrons. The highest BCUT2D eigenvalue weighted by Crippen LogP contribution is 2.22. The molecule has 1 aliphatic heterocycles. The van der Waals surface area contributed by atoms with Crippen LogP contribution in [0.3, 0.4) is 0 Å². The van der Waals surface area contributed by atoms with E-state index in [2.05, 4.69) is 0 Å². The molecule has 6 nitrogen and oxygen atoms in total. The van der Waals surface area contributed by atoms with E-state index in [-0.39, 0.29) is 16.4 Å². The van der Waals surface area contributed by atoms with E-state index in [0.717, 1.165) is 0 Å². The van der Waals surface area contributed by atoms with Crippen LogP contribution in [0, 0.1) is 0 Å². The van der Waals surface area contributed by atoms with Gasteiger partial charge in [-0.05, 0) is 26.0 Å². The van der Waals surface area contributed by atoms with E-state index < -0.39 is 10.0 Å². The first kappa shape index (κ1) is 16.9. The monoisotopic (exact) mass is 326 g/mol. The Kier molecular flexibility index (Phi) is 5.55. The summed E-state index contributed by atoms with van der Waals surface area (Å²) in [6.07, 6.45) is 0. The Hall–Kier alpha value is -1.44. The molecule has 1 aromatic rings. The number of amides is 1. The average Bonchev–Trinajstić information content (AvgIpc) is 2.56. The number of rotatable bonds is 5. The number of hydrogen-bond donors (Lipinski definition) is 0. The smallest absolute Gasteiger partial charge is 0.255 e. The largest absolute Gasteiger partial charge is 0.379 e. The number of carbonyl (C=O) groups excluding carboxylic acids is 1. The predicted molar refractivity (Wildman–Crippen MR) is 83.3 cm³/mol. The molecule has 1 saturated heterocycles. The Labute approximate surface area is 131 Å². The number of sulfonamides is 1. The zero-order valence-electron chi connectivity index (χ0n) is 13.0. The molecule has 0 bridgehead atoms. The molecule has 7 heteroatoms.